The summed E-state index contributed by atoms with van der Waals surface area (Å²) in [5.74, 6) is 0.850. The fraction of sp³-hybridized carbons (Fsp3) is 1.00. The predicted molar refractivity (Wildman–Crippen MR) is 55.5 cm³/mol. The Hall–Kier alpha value is -0.0800. The molecule has 0 bridgehead atoms. The molecule has 12 heavy (non-hydrogen) atoms. The monoisotopic (exact) mass is 172 g/mol. The Morgan fingerprint density at radius 1 is 1.25 bits per heavy atom. The van der Waals surface area contributed by atoms with E-state index in [0.717, 1.165) is 19.0 Å². The minimum Gasteiger partial charge on any atom is -0.318 e. The normalized spacial score (nSPS) is 11.5. The van der Waals surface area contributed by atoms with Gasteiger partial charge in [0.1, 0.15) is 0 Å². The molecule has 0 aromatic carbocycles. The van der Waals surface area contributed by atoms with Crippen LogP contribution in [0.3, 0.4) is 0 Å². The molecule has 0 aliphatic rings. The molecule has 0 aromatic rings. The molecular formula is C10H24N2. The zero-order chi connectivity index (χ0) is 9.40. The summed E-state index contributed by atoms with van der Waals surface area (Å²) >= 11 is 0. The molecule has 2 heteroatoms. The lowest BCUT2D eigenvalue weighted by molar-refractivity contribution is 0.319. The van der Waals surface area contributed by atoms with Crippen molar-refractivity contribution in [2.24, 2.45) is 5.92 Å². The molecule has 0 saturated carbocycles. The Bertz CT molecular complexity index is 91.8. The Morgan fingerprint density at radius 3 is 2.42 bits per heavy atom. The maximum Gasteiger partial charge on any atom is 0.0104 e. The summed E-state index contributed by atoms with van der Waals surface area (Å²) in [4.78, 5) is 2.39. The van der Waals surface area contributed by atoms with Gasteiger partial charge in [-0.25, -0.2) is 0 Å². The lowest BCUT2D eigenvalue weighted by Crippen LogP contribution is -2.28. The third-order valence-corrected chi connectivity index (χ3v) is 2.06. The van der Waals surface area contributed by atoms with E-state index in [1.54, 1.807) is 0 Å². The second kappa shape index (κ2) is 7.56. The highest BCUT2D eigenvalue weighted by Crippen LogP contribution is 2.03. The second-order valence-electron chi connectivity index (χ2n) is 3.94. The zero-order valence-corrected chi connectivity index (χ0v) is 9.06. The molecule has 0 heterocycles. The van der Waals surface area contributed by atoms with Gasteiger partial charge in [0.05, 0.1) is 0 Å². The van der Waals surface area contributed by atoms with E-state index in [-0.39, 0.29) is 0 Å². The fourth-order valence-corrected chi connectivity index (χ4v) is 1.18. The largest absolute Gasteiger partial charge is 0.318 e. The van der Waals surface area contributed by atoms with E-state index in [2.05, 4.69) is 31.1 Å². The molecule has 0 aliphatic carbocycles. The van der Waals surface area contributed by atoms with Crippen LogP contribution in [0, 0.1) is 5.92 Å². The molecule has 1 N–H and O–H groups in total. The van der Waals surface area contributed by atoms with Gasteiger partial charge in [-0.2, -0.15) is 0 Å². The molecule has 2 nitrogen and oxygen atoms in total. The van der Waals surface area contributed by atoms with E-state index in [1.165, 1.54) is 19.4 Å². The molecule has 0 fully saturated rings. The van der Waals surface area contributed by atoms with Crippen molar-refractivity contribution in [2.75, 3.05) is 33.7 Å². The minimum atomic E-state index is 0.850. The molecule has 0 aromatic heterocycles. The molecule has 0 saturated heterocycles. The number of likely N-dealkylation sites (N-methyl/N-ethyl adjacent to an activating group) is 2. The van der Waals surface area contributed by atoms with Gasteiger partial charge in [-0.15, -0.1) is 0 Å². The van der Waals surface area contributed by atoms with Crippen LogP contribution in [-0.2, 0) is 0 Å². The van der Waals surface area contributed by atoms with Gasteiger partial charge in [0.15, 0.2) is 0 Å². The smallest absolute Gasteiger partial charge is 0.0104 e. The summed E-state index contributed by atoms with van der Waals surface area (Å²) in [5.41, 5.74) is 0. The second-order valence-corrected chi connectivity index (χ2v) is 3.94. The summed E-state index contributed by atoms with van der Waals surface area (Å²) in [7, 11) is 4.19. The van der Waals surface area contributed by atoms with Gasteiger partial charge in [-0.05, 0) is 39.4 Å². The standard InChI is InChI=1S/C10H24N2/c1-10(2)6-5-8-12(4)9-7-11-3/h10-11H,5-9H2,1-4H3. The van der Waals surface area contributed by atoms with Crippen LogP contribution in [0.1, 0.15) is 26.7 Å². The first-order valence-corrected chi connectivity index (χ1v) is 5.00. The molecule has 0 amide bonds. The molecule has 0 atom stereocenters. The highest BCUT2D eigenvalue weighted by molar-refractivity contribution is 4.54. The number of nitrogens with one attached hydrogen (secondary N) is 1. The van der Waals surface area contributed by atoms with Gasteiger partial charge in [-0.1, -0.05) is 13.8 Å². The van der Waals surface area contributed by atoms with Gasteiger partial charge < -0.3 is 10.2 Å². The number of nitrogens with zero attached hydrogens (tertiary/aromatic N) is 1. The van der Waals surface area contributed by atoms with Crippen LogP contribution in [-0.4, -0.2) is 38.6 Å². The van der Waals surface area contributed by atoms with Crippen molar-refractivity contribution < 1.29 is 0 Å². The van der Waals surface area contributed by atoms with E-state index in [0.29, 0.717) is 0 Å². The van der Waals surface area contributed by atoms with Gasteiger partial charge in [0, 0.05) is 13.1 Å². The average Bonchev–Trinajstić information content (AvgIpc) is 2.00. The summed E-state index contributed by atoms with van der Waals surface area (Å²) in [6.07, 6.45) is 2.68. The third kappa shape index (κ3) is 8.02. The van der Waals surface area contributed by atoms with Gasteiger partial charge >= 0.3 is 0 Å². The van der Waals surface area contributed by atoms with Crippen molar-refractivity contribution in [1.29, 1.82) is 0 Å². The van der Waals surface area contributed by atoms with Crippen molar-refractivity contribution in [1.82, 2.24) is 10.2 Å². The Kier molecular flexibility index (Phi) is 7.51. The highest BCUT2D eigenvalue weighted by Gasteiger charge is 1.98. The maximum absolute atomic E-state index is 3.16. The third-order valence-electron chi connectivity index (χ3n) is 2.06. The first-order chi connectivity index (χ1) is 5.66. The maximum atomic E-state index is 3.16. The van der Waals surface area contributed by atoms with Gasteiger partial charge in [-0.3, -0.25) is 0 Å². The minimum absolute atomic E-state index is 0.850. The van der Waals surface area contributed by atoms with Crippen molar-refractivity contribution >= 4 is 0 Å². The average molecular weight is 172 g/mol. The van der Waals surface area contributed by atoms with Crippen LogP contribution >= 0.6 is 0 Å². The van der Waals surface area contributed by atoms with E-state index in [4.69, 9.17) is 0 Å². The topological polar surface area (TPSA) is 15.3 Å². The van der Waals surface area contributed by atoms with Crippen LogP contribution in [0.5, 0.6) is 0 Å². The summed E-state index contributed by atoms with van der Waals surface area (Å²) in [5, 5.41) is 3.16. The molecule has 0 rings (SSSR count). The SMILES string of the molecule is CNCCN(C)CCCC(C)C. The fourth-order valence-electron chi connectivity index (χ4n) is 1.18. The van der Waals surface area contributed by atoms with Crippen molar-refractivity contribution in [3.05, 3.63) is 0 Å². The lowest BCUT2D eigenvalue weighted by atomic mass is 10.1. The molecule has 0 aliphatic heterocycles. The first kappa shape index (κ1) is 11.9. The summed E-state index contributed by atoms with van der Waals surface area (Å²) < 4.78 is 0. The molecule has 0 unspecified atom stereocenters. The number of rotatable bonds is 7. The van der Waals surface area contributed by atoms with Crippen LogP contribution in [0.15, 0.2) is 0 Å². The quantitative estimate of drug-likeness (QED) is 0.627. The molecule has 0 radical (unpaired) electrons. The first-order valence-electron chi connectivity index (χ1n) is 5.00. The van der Waals surface area contributed by atoms with Crippen molar-refractivity contribution in [2.45, 2.75) is 26.7 Å². The lowest BCUT2D eigenvalue weighted by Gasteiger charge is -2.16. The van der Waals surface area contributed by atoms with Gasteiger partial charge in [0.25, 0.3) is 0 Å². The Morgan fingerprint density at radius 2 is 1.92 bits per heavy atom. The molecular weight excluding hydrogens is 148 g/mol. The van der Waals surface area contributed by atoms with Crippen molar-refractivity contribution in [3.63, 3.8) is 0 Å². The highest BCUT2D eigenvalue weighted by atomic mass is 15.1. The van der Waals surface area contributed by atoms with Crippen LogP contribution in [0.25, 0.3) is 0 Å². The van der Waals surface area contributed by atoms with E-state index >= 15 is 0 Å². The van der Waals surface area contributed by atoms with E-state index in [9.17, 15) is 0 Å². The van der Waals surface area contributed by atoms with Crippen molar-refractivity contribution in [3.8, 4) is 0 Å². The zero-order valence-electron chi connectivity index (χ0n) is 9.06. The molecule has 74 valence electrons. The summed E-state index contributed by atoms with van der Waals surface area (Å²) in [6.45, 7) is 8.06. The van der Waals surface area contributed by atoms with E-state index in [1.807, 2.05) is 7.05 Å². The Balaban J connectivity index is 3.13. The predicted octanol–water partition coefficient (Wildman–Crippen LogP) is 1.57. The van der Waals surface area contributed by atoms with Crippen LogP contribution < -0.4 is 5.32 Å². The number of hydrogen-bond acceptors (Lipinski definition) is 2. The van der Waals surface area contributed by atoms with E-state index < -0.39 is 0 Å². The number of hydrogen-bond donors (Lipinski definition) is 1. The van der Waals surface area contributed by atoms with Crippen LogP contribution in [0.4, 0.5) is 0 Å². The summed E-state index contributed by atoms with van der Waals surface area (Å²) in [6, 6.07) is 0. The molecule has 0 spiro atoms. The Labute approximate surface area is 77.3 Å². The van der Waals surface area contributed by atoms with Gasteiger partial charge in [0.2, 0.25) is 0 Å². The van der Waals surface area contributed by atoms with Crippen LogP contribution in [0.2, 0.25) is 0 Å².